The van der Waals surface area contributed by atoms with Crippen molar-refractivity contribution in [3.63, 3.8) is 0 Å². The van der Waals surface area contributed by atoms with Crippen molar-refractivity contribution in [2.75, 3.05) is 6.54 Å². The van der Waals surface area contributed by atoms with E-state index in [1.165, 1.54) is 0 Å². The van der Waals surface area contributed by atoms with Crippen molar-refractivity contribution >= 4 is 17.5 Å². The molecule has 0 spiro atoms. The van der Waals surface area contributed by atoms with Crippen LogP contribution in [0.4, 0.5) is 0 Å². The summed E-state index contributed by atoms with van der Waals surface area (Å²) >= 11 is 5.89. The molecular weight excluding hydrogens is 212 g/mol. The van der Waals surface area contributed by atoms with Gasteiger partial charge < -0.3 is 11.1 Å². The molecule has 0 saturated carbocycles. The molecule has 82 valence electrons. The molecule has 1 rings (SSSR count). The molecule has 0 aromatic heterocycles. The van der Waals surface area contributed by atoms with Gasteiger partial charge in [-0.15, -0.1) is 0 Å². The minimum Gasteiger partial charge on any atom is -0.369 e. The molecule has 1 aromatic carbocycles. The zero-order valence-corrected chi connectivity index (χ0v) is 9.42. The predicted octanol–water partition coefficient (Wildman–Crippen LogP) is 1.87. The molecule has 0 bridgehead atoms. The van der Waals surface area contributed by atoms with Crippen LogP contribution in [0.25, 0.3) is 0 Å². The third-order valence-corrected chi connectivity index (χ3v) is 2.42. The van der Waals surface area contributed by atoms with Crippen molar-refractivity contribution in [2.45, 2.75) is 19.4 Å². The van der Waals surface area contributed by atoms with Gasteiger partial charge in [-0.25, -0.2) is 0 Å². The molecule has 0 unspecified atom stereocenters. The predicted molar refractivity (Wildman–Crippen MR) is 61.7 cm³/mol. The second kappa shape index (κ2) is 5.73. The monoisotopic (exact) mass is 226 g/mol. The Morgan fingerprint density at radius 1 is 1.60 bits per heavy atom. The van der Waals surface area contributed by atoms with Crippen LogP contribution in [0.2, 0.25) is 5.02 Å². The Labute approximate surface area is 94.6 Å². The lowest BCUT2D eigenvalue weighted by Gasteiger charge is -2.16. The van der Waals surface area contributed by atoms with Crippen LogP contribution in [-0.4, -0.2) is 12.5 Å². The van der Waals surface area contributed by atoms with Crippen molar-refractivity contribution in [3.8, 4) is 0 Å². The van der Waals surface area contributed by atoms with Gasteiger partial charge in [0.25, 0.3) is 0 Å². The van der Waals surface area contributed by atoms with Crippen molar-refractivity contribution in [2.24, 2.45) is 5.73 Å². The maximum atomic E-state index is 10.7. The van der Waals surface area contributed by atoms with Gasteiger partial charge in [-0.3, -0.25) is 4.79 Å². The first kappa shape index (κ1) is 12.0. The summed E-state index contributed by atoms with van der Waals surface area (Å²) in [5, 5.41) is 3.78. The summed E-state index contributed by atoms with van der Waals surface area (Å²) in [5.41, 5.74) is 6.15. The highest BCUT2D eigenvalue weighted by Crippen LogP contribution is 2.19. The van der Waals surface area contributed by atoms with Crippen LogP contribution in [-0.2, 0) is 4.79 Å². The summed E-state index contributed by atoms with van der Waals surface area (Å²) in [7, 11) is 0. The van der Waals surface area contributed by atoms with E-state index in [9.17, 15) is 4.79 Å². The number of halogens is 1. The molecule has 1 amide bonds. The Kier molecular flexibility index (Phi) is 4.59. The normalized spacial score (nSPS) is 12.4. The highest BCUT2D eigenvalue weighted by atomic mass is 35.5. The maximum Gasteiger partial charge on any atom is 0.231 e. The van der Waals surface area contributed by atoms with Gasteiger partial charge in [-0.1, -0.05) is 30.7 Å². The fourth-order valence-corrected chi connectivity index (χ4v) is 1.64. The number of hydrogen-bond donors (Lipinski definition) is 2. The maximum absolute atomic E-state index is 10.7. The van der Waals surface area contributed by atoms with Gasteiger partial charge >= 0.3 is 0 Å². The minimum atomic E-state index is -0.351. The van der Waals surface area contributed by atoms with E-state index in [1.807, 2.05) is 31.2 Å². The quantitative estimate of drug-likeness (QED) is 0.806. The van der Waals surface area contributed by atoms with E-state index < -0.39 is 0 Å². The number of nitrogens with two attached hydrogens (primary N) is 1. The molecule has 4 heteroatoms. The number of primary amides is 1. The summed E-state index contributed by atoms with van der Waals surface area (Å²) < 4.78 is 0. The van der Waals surface area contributed by atoms with Crippen LogP contribution < -0.4 is 11.1 Å². The number of carbonyl (C=O) groups excluding carboxylic acids is 1. The van der Waals surface area contributed by atoms with E-state index in [0.717, 1.165) is 12.0 Å². The Morgan fingerprint density at radius 2 is 2.33 bits per heavy atom. The zero-order chi connectivity index (χ0) is 11.3. The van der Waals surface area contributed by atoms with Crippen LogP contribution in [0.15, 0.2) is 24.3 Å². The van der Waals surface area contributed by atoms with E-state index in [1.54, 1.807) is 0 Å². The first-order chi connectivity index (χ1) is 7.13. The average Bonchev–Trinajstić information content (AvgIpc) is 2.18. The molecule has 0 aliphatic heterocycles. The lowest BCUT2D eigenvalue weighted by molar-refractivity contribution is -0.117. The van der Waals surface area contributed by atoms with Crippen molar-refractivity contribution < 1.29 is 4.79 Å². The largest absolute Gasteiger partial charge is 0.369 e. The van der Waals surface area contributed by atoms with Crippen molar-refractivity contribution in [1.29, 1.82) is 0 Å². The fourth-order valence-electron chi connectivity index (χ4n) is 1.45. The van der Waals surface area contributed by atoms with Crippen molar-refractivity contribution in [3.05, 3.63) is 34.9 Å². The summed E-state index contributed by atoms with van der Waals surface area (Å²) in [5.74, 6) is -0.351. The second-order valence-corrected chi connectivity index (χ2v) is 3.80. The van der Waals surface area contributed by atoms with E-state index in [2.05, 4.69) is 5.32 Å². The Hall–Kier alpha value is -1.06. The molecule has 15 heavy (non-hydrogen) atoms. The van der Waals surface area contributed by atoms with Gasteiger partial charge in [-0.2, -0.15) is 0 Å². The molecule has 3 nitrogen and oxygen atoms in total. The summed E-state index contributed by atoms with van der Waals surface area (Å²) in [4.78, 5) is 10.7. The van der Waals surface area contributed by atoms with Crippen molar-refractivity contribution in [1.82, 2.24) is 5.32 Å². The van der Waals surface area contributed by atoms with Crippen LogP contribution in [0, 0.1) is 0 Å². The molecule has 0 aliphatic carbocycles. The molecule has 0 fully saturated rings. The number of carbonyl (C=O) groups is 1. The molecule has 0 radical (unpaired) electrons. The Morgan fingerprint density at radius 3 is 2.87 bits per heavy atom. The SMILES string of the molecule is CC[C@@H](NCC(N)=O)c1cccc(Cl)c1. The Bertz CT molecular complexity index is 341. The van der Waals surface area contributed by atoms with E-state index >= 15 is 0 Å². The minimum absolute atomic E-state index is 0.121. The molecule has 0 saturated heterocycles. The smallest absolute Gasteiger partial charge is 0.231 e. The van der Waals surface area contributed by atoms with Gasteiger partial charge in [0.05, 0.1) is 6.54 Å². The number of amides is 1. The first-order valence-corrected chi connectivity index (χ1v) is 5.28. The lowest BCUT2D eigenvalue weighted by Crippen LogP contribution is -2.31. The third-order valence-electron chi connectivity index (χ3n) is 2.18. The van der Waals surface area contributed by atoms with E-state index in [0.29, 0.717) is 5.02 Å². The Balaban J connectivity index is 2.69. The van der Waals surface area contributed by atoms with Crippen LogP contribution in [0.5, 0.6) is 0 Å². The summed E-state index contributed by atoms with van der Waals surface area (Å²) in [6, 6.07) is 7.71. The highest BCUT2D eigenvalue weighted by Gasteiger charge is 2.09. The lowest BCUT2D eigenvalue weighted by atomic mass is 10.0. The van der Waals surface area contributed by atoms with Gasteiger partial charge in [0.15, 0.2) is 0 Å². The van der Waals surface area contributed by atoms with Gasteiger partial charge in [0, 0.05) is 11.1 Å². The second-order valence-electron chi connectivity index (χ2n) is 3.36. The highest BCUT2D eigenvalue weighted by molar-refractivity contribution is 6.30. The van der Waals surface area contributed by atoms with Crippen LogP contribution in [0.3, 0.4) is 0 Å². The number of hydrogen-bond acceptors (Lipinski definition) is 2. The third kappa shape index (κ3) is 3.90. The standard InChI is InChI=1S/C11H15ClN2O/c1-2-10(14-7-11(13)15)8-4-3-5-9(12)6-8/h3-6,10,14H,2,7H2,1H3,(H2,13,15)/t10-/m1/s1. The van der Waals surface area contributed by atoms with Gasteiger partial charge in [-0.05, 0) is 24.1 Å². The molecule has 3 N–H and O–H groups in total. The van der Waals surface area contributed by atoms with Gasteiger partial charge in [0.2, 0.25) is 5.91 Å². The summed E-state index contributed by atoms with van der Waals surface area (Å²) in [6.07, 6.45) is 0.883. The summed E-state index contributed by atoms with van der Waals surface area (Å²) in [6.45, 7) is 2.23. The van der Waals surface area contributed by atoms with E-state index in [4.69, 9.17) is 17.3 Å². The van der Waals surface area contributed by atoms with Crippen LogP contribution in [0.1, 0.15) is 24.9 Å². The number of nitrogens with one attached hydrogen (secondary N) is 1. The molecule has 0 aliphatic rings. The van der Waals surface area contributed by atoms with E-state index in [-0.39, 0.29) is 18.5 Å². The molecule has 1 atom stereocenters. The van der Waals surface area contributed by atoms with Crippen LogP contribution >= 0.6 is 11.6 Å². The zero-order valence-electron chi connectivity index (χ0n) is 8.66. The number of rotatable bonds is 5. The topological polar surface area (TPSA) is 55.1 Å². The van der Waals surface area contributed by atoms with Gasteiger partial charge in [0.1, 0.15) is 0 Å². The molecular formula is C11H15ClN2O. The number of benzene rings is 1. The average molecular weight is 227 g/mol. The molecule has 1 aromatic rings. The first-order valence-electron chi connectivity index (χ1n) is 4.90. The fraction of sp³-hybridized carbons (Fsp3) is 0.364. The molecule has 0 heterocycles.